The number of nitrogens with two attached hydrogens (primary N) is 1. The second-order valence-corrected chi connectivity index (χ2v) is 13.1. The number of likely N-dealkylation sites (tertiary alicyclic amines) is 1. The standard InChI is InChI=1S/C29H50ClFN8O2/c1-18(2)23-6-5-21(30)15-34-19(3)25(27(32)35-23)28(40)36-24-17-33-16-22(31)26(24)38-9-7-20(8-10-38)29(41)39-13-11-37(4)12-14-39/h6,18,20-22,24-27,33,35H,5,7-17,32H2,1-4H3,(H,36,40)/b23-6-,34-19+. The number of amides is 2. The summed E-state index contributed by atoms with van der Waals surface area (Å²) in [5, 5.41) is 9.44. The van der Waals surface area contributed by atoms with Crippen LogP contribution in [0.4, 0.5) is 4.39 Å². The van der Waals surface area contributed by atoms with E-state index in [4.69, 9.17) is 17.3 Å². The number of hydrogen-bond donors (Lipinski definition) is 4. The van der Waals surface area contributed by atoms with Crippen LogP contribution in [-0.2, 0) is 9.59 Å². The number of carbonyl (C=O) groups excluding carboxylic acids is 2. The molecule has 0 aromatic heterocycles. The smallest absolute Gasteiger partial charge is 0.232 e. The van der Waals surface area contributed by atoms with Crippen LogP contribution < -0.4 is 21.7 Å². The van der Waals surface area contributed by atoms with E-state index in [0.717, 1.165) is 31.9 Å². The Labute approximate surface area is 249 Å². The van der Waals surface area contributed by atoms with Crippen LogP contribution in [0.1, 0.15) is 40.0 Å². The molecule has 0 radical (unpaired) electrons. The first-order valence-electron chi connectivity index (χ1n) is 15.3. The number of nitrogens with one attached hydrogen (secondary N) is 3. The number of likely N-dealkylation sites (N-methyl/N-ethyl adjacent to an activating group) is 1. The maximum atomic E-state index is 15.5. The molecule has 232 valence electrons. The van der Waals surface area contributed by atoms with Gasteiger partial charge in [0.05, 0.1) is 30.2 Å². The Kier molecular flexibility index (Phi) is 11.4. The predicted molar refractivity (Wildman–Crippen MR) is 162 cm³/mol. The molecule has 4 aliphatic rings. The first-order chi connectivity index (χ1) is 19.5. The number of carbonyl (C=O) groups is 2. The molecule has 4 aliphatic heterocycles. The van der Waals surface area contributed by atoms with Crippen LogP contribution >= 0.6 is 11.6 Å². The van der Waals surface area contributed by atoms with E-state index < -0.39 is 30.3 Å². The number of nitrogens with zero attached hydrogens (tertiary/aromatic N) is 4. The molecule has 5 N–H and O–H groups in total. The van der Waals surface area contributed by atoms with E-state index in [1.807, 2.05) is 17.9 Å². The molecular weight excluding hydrogens is 547 g/mol. The lowest BCUT2D eigenvalue weighted by atomic mass is 9.89. The van der Waals surface area contributed by atoms with E-state index in [1.54, 1.807) is 0 Å². The minimum Gasteiger partial charge on any atom is -0.372 e. The Bertz CT molecular complexity index is 964. The summed E-state index contributed by atoms with van der Waals surface area (Å²) in [7, 11) is 2.08. The fourth-order valence-electron chi connectivity index (χ4n) is 6.51. The molecule has 4 rings (SSSR count). The molecule has 6 atom stereocenters. The first-order valence-corrected chi connectivity index (χ1v) is 15.7. The van der Waals surface area contributed by atoms with E-state index in [9.17, 15) is 9.59 Å². The van der Waals surface area contributed by atoms with Crippen LogP contribution in [0, 0.1) is 17.8 Å². The molecule has 0 spiro atoms. The molecule has 0 saturated carbocycles. The van der Waals surface area contributed by atoms with Gasteiger partial charge in [-0.1, -0.05) is 19.9 Å². The van der Waals surface area contributed by atoms with Crippen molar-refractivity contribution in [2.75, 3.05) is 66.0 Å². The van der Waals surface area contributed by atoms with Crippen LogP contribution in [-0.4, -0.2) is 128 Å². The number of allylic oxidation sites excluding steroid dienone is 2. The highest BCUT2D eigenvalue weighted by Gasteiger charge is 2.42. The van der Waals surface area contributed by atoms with E-state index in [-0.39, 0.29) is 35.6 Å². The molecule has 4 heterocycles. The number of piperazine rings is 1. The second kappa shape index (κ2) is 14.6. The molecule has 10 nitrogen and oxygen atoms in total. The van der Waals surface area contributed by atoms with Gasteiger partial charge >= 0.3 is 0 Å². The summed E-state index contributed by atoms with van der Waals surface area (Å²) in [6.07, 6.45) is 2.28. The number of halogens is 2. The average Bonchev–Trinajstić information content (AvgIpc) is 2.94. The fraction of sp³-hybridized carbons (Fsp3) is 0.828. The molecular formula is C29H50ClFN8O2. The lowest BCUT2D eigenvalue weighted by molar-refractivity contribution is -0.139. The Morgan fingerprint density at radius 1 is 1.15 bits per heavy atom. The summed E-state index contributed by atoms with van der Waals surface area (Å²) in [6.45, 7) is 11.6. The van der Waals surface area contributed by atoms with Crippen molar-refractivity contribution in [3.05, 3.63) is 11.8 Å². The summed E-state index contributed by atoms with van der Waals surface area (Å²) < 4.78 is 15.5. The number of piperidine rings is 2. The van der Waals surface area contributed by atoms with Crippen molar-refractivity contribution in [2.45, 2.75) is 69.8 Å². The molecule has 0 bridgehead atoms. The molecule has 3 fully saturated rings. The number of hydrogen-bond acceptors (Lipinski definition) is 8. The molecule has 3 saturated heterocycles. The number of aliphatic imine (C=N–C) groups is 1. The molecule has 12 heteroatoms. The Morgan fingerprint density at radius 3 is 2.49 bits per heavy atom. The van der Waals surface area contributed by atoms with Crippen LogP contribution in [0.5, 0.6) is 0 Å². The van der Waals surface area contributed by atoms with Gasteiger partial charge in [-0.15, -0.1) is 11.6 Å². The van der Waals surface area contributed by atoms with Gasteiger partial charge in [0, 0.05) is 56.6 Å². The third-order valence-electron chi connectivity index (χ3n) is 9.11. The maximum Gasteiger partial charge on any atom is 0.232 e. The SMILES string of the molecule is C/C1=N\CC(Cl)C/C=C(/C(C)C)NC(N)C1C(=O)NC1CNCC(F)C1N1CCC(C(=O)N2CCN(C)CC2)CC1. The lowest BCUT2D eigenvalue weighted by Gasteiger charge is -2.45. The van der Waals surface area contributed by atoms with Crippen LogP contribution in [0.2, 0.25) is 0 Å². The van der Waals surface area contributed by atoms with Crippen molar-refractivity contribution in [3.63, 3.8) is 0 Å². The molecule has 0 aromatic rings. The Hall–Kier alpha value is -1.79. The summed E-state index contributed by atoms with van der Waals surface area (Å²) >= 11 is 6.48. The Morgan fingerprint density at radius 2 is 1.83 bits per heavy atom. The number of rotatable bonds is 5. The summed E-state index contributed by atoms with van der Waals surface area (Å²) in [4.78, 5) is 37.9. The highest BCUT2D eigenvalue weighted by Crippen LogP contribution is 2.26. The van der Waals surface area contributed by atoms with Gasteiger partial charge in [0.25, 0.3) is 0 Å². The van der Waals surface area contributed by atoms with Gasteiger partial charge in [-0.25, -0.2) is 4.39 Å². The largest absolute Gasteiger partial charge is 0.372 e. The second-order valence-electron chi connectivity index (χ2n) is 12.5. The van der Waals surface area contributed by atoms with E-state index in [2.05, 4.69) is 51.6 Å². The van der Waals surface area contributed by atoms with Crippen molar-refractivity contribution >= 4 is 29.1 Å². The summed E-state index contributed by atoms with van der Waals surface area (Å²) in [5.41, 5.74) is 8.14. The third kappa shape index (κ3) is 8.19. The highest BCUT2D eigenvalue weighted by atomic mass is 35.5. The van der Waals surface area contributed by atoms with Crippen LogP contribution in [0.15, 0.2) is 16.8 Å². The van der Waals surface area contributed by atoms with Gasteiger partial charge in [0.2, 0.25) is 11.8 Å². The topological polar surface area (TPSA) is 118 Å². The fourth-order valence-corrected chi connectivity index (χ4v) is 6.67. The zero-order valence-corrected chi connectivity index (χ0v) is 25.9. The molecule has 0 aliphatic carbocycles. The van der Waals surface area contributed by atoms with E-state index >= 15 is 4.39 Å². The highest BCUT2D eigenvalue weighted by molar-refractivity contribution is 6.21. The quantitative estimate of drug-likeness (QED) is 0.346. The van der Waals surface area contributed by atoms with Crippen LogP contribution in [0.25, 0.3) is 0 Å². The Balaban J connectivity index is 1.42. The average molecular weight is 597 g/mol. The van der Waals surface area contributed by atoms with Gasteiger partial charge in [0.15, 0.2) is 0 Å². The van der Waals surface area contributed by atoms with Gasteiger partial charge in [0.1, 0.15) is 12.1 Å². The zero-order valence-electron chi connectivity index (χ0n) is 25.1. The van der Waals surface area contributed by atoms with Crippen molar-refractivity contribution in [1.29, 1.82) is 0 Å². The summed E-state index contributed by atoms with van der Waals surface area (Å²) in [6, 6.07) is -0.911. The van der Waals surface area contributed by atoms with Crippen molar-refractivity contribution in [1.82, 2.24) is 30.7 Å². The lowest BCUT2D eigenvalue weighted by Crippen LogP contribution is -2.67. The molecule has 41 heavy (non-hydrogen) atoms. The molecule has 6 unspecified atom stereocenters. The van der Waals surface area contributed by atoms with Gasteiger partial charge in [-0.2, -0.15) is 0 Å². The minimum absolute atomic E-state index is 0.0256. The predicted octanol–water partition coefficient (Wildman–Crippen LogP) is 0.770. The number of alkyl halides is 2. The molecule has 0 aromatic carbocycles. The zero-order chi connectivity index (χ0) is 29.7. The van der Waals surface area contributed by atoms with Crippen molar-refractivity contribution in [3.8, 4) is 0 Å². The van der Waals surface area contributed by atoms with E-state index in [0.29, 0.717) is 51.2 Å². The normalized spacial score (nSPS) is 36.0. The van der Waals surface area contributed by atoms with Crippen molar-refractivity contribution in [2.24, 2.45) is 28.5 Å². The first kappa shape index (κ1) is 32.1. The van der Waals surface area contributed by atoms with Crippen LogP contribution in [0.3, 0.4) is 0 Å². The molecule has 2 amide bonds. The summed E-state index contributed by atoms with van der Waals surface area (Å²) in [5.74, 6) is -0.609. The van der Waals surface area contributed by atoms with Crippen molar-refractivity contribution < 1.29 is 14.0 Å². The van der Waals surface area contributed by atoms with E-state index in [1.165, 1.54) is 0 Å². The van der Waals surface area contributed by atoms with Gasteiger partial charge < -0.3 is 31.5 Å². The minimum atomic E-state index is -1.14. The third-order valence-corrected chi connectivity index (χ3v) is 9.42. The van der Waals surface area contributed by atoms with Gasteiger partial charge in [-0.05, 0) is 52.2 Å². The maximum absolute atomic E-state index is 15.5. The van der Waals surface area contributed by atoms with Gasteiger partial charge in [-0.3, -0.25) is 19.5 Å². The monoisotopic (exact) mass is 596 g/mol.